The van der Waals surface area contributed by atoms with Gasteiger partial charge >= 0.3 is 12.2 Å². The molecule has 4 aliphatic carbocycles. The summed E-state index contributed by atoms with van der Waals surface area (Å²) in [6.07, 6.45) is 2.66. The van der Waals surface area contributed by atoms with Crippen LogP contribution in [0.3, 0.4) is 0 Å². The molecule has 0 aliphatic heterocycles. The van der Waals surface area contributed by atoms with E-state index in [-0.39, 0.29) is 41.1 Å². The number of ether oxygens (including phenoxy) is 2. The highest BCUT2D eigenvalue weighted by Gasteiger charge is 2.68. The van der Waals surface area contributed by atoms with Crippen molar-refractivity contribution in [1.82, 2.24) is 5.32 Å². The fourth-order valence-corrected chi connectivity index (χ4v) is 7.63. The monoisotopic (exact) mass is 476 g/mol. The van der Waals surface area contributed by atoms with Gasteiger partial charge in [-0.1, -0.05) is 33.8 Å². The van der Waals surface area contributed by atoms with Crippen LogP contribution in [-0.2, 0) is 14.3 Å². The van der Waals surface area contributed by atoms with E-state index >= 15 is 0 Å². The number of hydrogen-bond acceptors (Lipinski definition) is 7. The van der Waals surface area contributed by atoms with Crippen LogP contribution in [0.2, 0.25) is 0 Å². The zero-order valence-electron chi connectivity index (χ0n) is 20.8. The smallest absolute Gasteiger partial charge is 0.416 e. The maximum absolute atomic E-state index is 13.4. The Kier molecular flexibility index (Phi) is 6.39. The molecule has 8 heteroatoms. The first-order valence-corrected chi connectivity index (χ1v) is 12.7. The molecule has 4 aliphatic rings. The number of rotatable bonds is 3. The Morgan fingerprint density at radius 2 is 1.82 bits per heavy atom. The first-order chi connectivity index (χ1) is 15.9. The molecule has 0 heterocycles. The number of nitrogens with one attached hydrogen (secondary N) is 1. The van der Waals surface area contributed by atoms with Gasteiger partial charge in [0.15, 0.2) is 0 Å². The molecular formula is C26H40N2O6. The fourth-order valence-electron chi connectivity index (χ4n) is 7.63. The van der Waals surface area contributed by atoms with E-state index < -0.39 is 35.2 Å². The summed E-state index contributed by atoms with van der Waals surface area (Å²) >= 11 is 0. The predicted molar refractivity (Wildman–Crippen MR) is 126 cm³/mol. The lowest BCUT2D eigenvalue weighted by molar-refractivity contribution is -0.191. The molecule has 190 valence electrons. The maximum atomic E-state index is 13.4. The number of Topliss-reactive ketones (excluding diaryl/α,β-unsaturated/α-hetero) is 1. The summed E-state index contributed by atoms with van der Waals surface area (Å²) in [6, 6.07) is 0.0158. The van der Waals surface area contributed by atoms with Gasteiger partial charge in [0, 0.05) is 29.2 Å². The van der Waals surface area contributed by atoms with Crippen molar-refractivity contribution < 1.29 is 29.0 Å². The Morgan fingerprint density at radius 3 is 2.44 bits per heavy atom. The molecule has 0 aromatic rings. The van der Waals surface area contributed by atoms with Crippen LogP contribution in [0, 0.1) is 34.0 Å². The number of ketones is 1. The summed E-state index contributed by atoms with van der Waals surface area (Å²) in [5, 5.41) is 13.7. The van der Waals surface area contributed by atoms with Gasteiger partial charge in [-0.2, -0.15) is 0 Å². The lowest BCUT2D eigenvalue weighted by Gasteiger charge is -2.61. The number of hydrogen-bond donors (Lipinski definition) is 3. The highest BCUT2D eigenvalue weighted by atomic mass is 16.6. The molecule has 34 heavy (non-hydrogen) atoms. The van der Waals surface area contributed by atoms with Gasteiger partial charge in [0.25, 0.3) is 0 Å². The number of nitrogens with two attached hydrogens (primary N) is 1. The van der Waals surface area contributed by atoms with Crippen molar-refractivity contribution in [1.29, 1.82) is 0 Å². The quantitative estimate of drug-likeness (QED) is 0.530. The van der Waals surface area contributed by atoms with Crippen molar-refractivity contribution >= 4 is 18.0 Å². The van der Waals surface area contributed by atoms with E-state index in [1.54, 1.807) is 6.08 Å². The first kappa shape index (κ1) is 25.2. The third-order valence-corrected chi connectivity index (χ3v) is 10.2. The van der Waals surface area contributed by atoms with Gasteiger partial charge in [0.2, 0.25) is 0 Å². The van der Waals surface area contributed by atoms with Crippen molar-refractivity contribution in [3.63, 3.8) is 0 Å². The second kappa shape index (κ2) is 8.63. The van der Waals surface area contributed by atoms with Crippen LogP contribution in [0.1, 0.15) is 72.6 Å². The number of carbonyl (C=O) groups excluding carboxylic acids is 3. The summed E-state index contributed by atoms with van der Waals surface area (Å²) in [5.41, 5.74) is 4.02. The number of imide groups is 1. The van der Waals surface area contributed by atoms with Crippen molar-refractivity contribution in [2.24, 2.45) is 39.7 Å². The van der Waals surface area contributed by atoms with Crippen LogP contribution < -0.4 is 11.1 Å². The number of amides is 2. The number of alkyl carbamates (subject to hydrolysis) is 2. The first-order valence-electron chi connectivity index (χ1n) is 12.7. The van der Waals surface area contributed by atoms with Crippen molar-refractivity contribution in [2.75, 3.05) is 0 Å². The molecular weight excluding hydrogens is 436 g/mol. The highest BCUT2D eigenvalue weighted by Crippen LogP contribution is 2.67. The average Bonchev–Trinajstić information content (AvgIpc) is 3.11. The molecule has 0 spiro atoms. The van der Waals surface area contributed by atoms with E-state index in [0.29, 0.717) is 25.7 Å². The summed E-state index contributed by atoms with van der Waals surface area (Å²) in [5.74, 6) is -0.114. The molecule has 4 N–H and O–H groups in total. The third-order valence-electron chi connectivity index (χ3n) is 10.2. The van der Waals surface area contributed by atoms with E-state index in [1.807, 2.05) is 6.92 Å². The fraction of sp³-hybridized carbons (Fsp3) is 0.808. The van der Waals surface area contributed by atoms with Crippen LogP contribution in [0.25, 0.3) is 0 Å². The topological polar surface area (TPSA) is 128 Å². The summed E-state index contributed by atoms with van der Waals surface area (Å²) in [6.45, 7) is 12.2. The number of carbonyl (C=O) groups is 3. The van der Waals surface area contributed by atoms with Crippen LogP contribution in [0.5, 0.6) is 0 Å². The van der Waals surface area contributed by atoms with E-state index in [4.69, 9.17) is 15.2 Å². The minimum absolute atomic E-state index is 0.0158. The molecule has 0 aromatic heterocycles. The van der Waals surface area contributed by atoms with Crippen LogP contribution in [0.4, 0.5) is 9.59 Å². The van der Waals surface area contributed by atoms with Crippen molar-refractivity contribution in [3.8, 4) is 0 Å². The molecule has 0 saturated heterocycles. The Morgan fingerprint density at radius 1 is 1.18 bits per heavy atom. The van der Waals surface area contributed by atoms with Gasteiger partial charge in [0.05, 0.1) is 6.10 Å². The van der Waals surface area contributed by atoms with Gasteiger partial charge in [-0.25, -0.2) is 14.9 Å². The molecule has 8 nitrogen and oxygen atoms in total. The normalized spacial score (nSPS) is 47.9. The lowest BCUT2D eigenvalue weighted by Crippen LogP contribution is -2.63. The van der Waals surface area contributed by atoms with Gasteiger partial charge < -0.3 is 20.3 Å². The van der Waals surface area contributed by atoms with Crippen LogP contribution in [-0.4, -0.2) is 47.4 Å². The van der Waals surface area contributed by atoms with E-state index in [2.05, 4.69) is 32.7 Å². The van der Waals surface area contributed by atoms with Gasteiger partial charge in [-0.3, -0.25) is 4.79 Å². The Bertz CT molecular complexity index is 871. The Labute approximate surface area is 202 Å². The van der Waals surface area contributed by atoms with Gasteiger partial charge in [-0.15, -0.1) is 6.58 Å². The maximum Gasteiger partial charge on any atom is 0.416 e. The number of aliphatic hydroxyl groups is 1. The predicted octanol–water partition coefficient (Wildman–Crippen LogP) is 3.70. The Balaban J connectivity index is 1.64. The number of aliphatic hydroxyl groups excluding tert-OH is 1. The molecule has 0 aromatic carbocycles. The third kappa shape index (κ3) is 3.77. The molecule has 0 radical (unpaired) electrons. The summed E-state index contributed by atoms with van der Waals surface area (Å²) < 4.78 is 11.2. The lowest BCUT2D eigenvalue weighted by atomic mass is 9.44. The molecule has 4 saturated carbocycles. The largest absolute Gasteiger partial charge is 0.446 e. The van der Waals surface area contributed by atoms with E-state index in [9.17, 15) is 19.5 Å². The van der Waals surface area contributed by atoms with Gasteiger partial charge in [0.1, 0.15) is 18.0 Å². The van der Waals surface area contributed by atoms with E-state index in [0.717, 1.165) is 19.3 Å². The zero-order chi connectivity index (χ0) is 25.1. The van der Waals surface area contributed by atoms with Crippen molar-refractivity contribution in [3.05, 3.63) is 12.7 Å². The van der Waals surface area contributed by atoms with E-state index in [1.165, 1.54) is 0 Å². The highest BCUT2D eigenvalue weighted by molar-refractivity contribution is 5.88. The van der Waals surface area contributed by atoms with Crippen LogP contribution in [0.15, 0.2) is 12.7 Å². The summed E-state index contributed by atoms with van der Waals surface area (Å²) in [7, 11) is 0. The zero-order valence-corrected chi connectivity index (χ0v) is 20.8. The second-order valence-corrected chi connectivity index (χ2v) is 11.9. The Hall–Kier alpha value is -1.93. The van der Waals surface area contributed by atoms with Crippen molar-refractivity contribution in [2.45, 2.75) is 97.0 Å². The minimum atomic E-state index is -0.900. The minimum Gasteiger partial charge on any atom is -0.446 e. The van der Waals surface area contributed by atoms with Crippen LogP contribution >= 0.6 is 0 Å². The standard InChI is InChI=1S/C26H40N2O6/c1-6-24(4)13-19(34-23(32)28-22(31)33-17-11-16(27)12-17)25(5)14(2)7-9-26(15(3)21(24)30)10-8-18(29)20(25)26/h6,14-17,19-21,30H,1,7-13,27H2,2-5H3,(H,28,31,32)/t14?,15-,16-,17-,19+,20-,21-,24+,25-,26-/m0/s1. The molecule has 8 atom stereocenters. The molecule has 4 fully saturated rings. The molecule has 4 rings (SSSR count). The molecule has 2 bridgehead atoms. The summed E-state index contributed by atoms with van der Waals surface area (Å²) in [4.78, 5) is 38.5. The second-order valence-electron chi connectivity index (χ2n) is 11.9. The SMILES string of the molecule is C=C[C@]1(C)C[C@@H](OC(=O)NC(=O)O[C@H]2C[C@H](N)C2)[C@]2(C)C(C)CC[C@]3(CCC(=O)[C@H]32)[C@@H](C)[C@@H]1O. The van der Waals surface area contributed by atoms with Gasteiger partial charge in [-0.05, 0) is 55.8 Å². The average molecular weight is 477 g/mol. The molecule has 2 amide bonds. The molecule has 1 unspecified atom stereocenters.